The molecule has 4 heteroatoms. The van der Waals surface area contributed by atoms with Gasteiger partial charge in [-0.3, -0.25) is 4.79 Å². The van der Waals surface area contributed by atoms with Crippen molar-refractivity contribution in [3.8, 4) is 5.75 Å². The summed E-state index contributed by atoms with van der Waals surface area (Å²) in [6, 6.07) is 19.6. The molecule has 1 amide bonds. The van der Waals surface area contributed by atoms with Gasteiger partial charge in [0, 0.05) is 22.2 Å². The molecule has 4 rings (SSSR count). The van der Waals surface area contributed by atoms with Gasteiger partial charge in [-0.1, -0.05) is 62.1 Å². The number of thioether (sulfide) groups is 1. The Labute approximate surface area is 178 Å². The maximum atomic E-state index is 13.1. The smallest absolute Gasteiger partial charge is 0.264 e. The number of carbonyl (C=O) groups is 1. The van der Waals surface area contributed by atoms with Gasteiger partial charge < -0.3 is 9.64 Å². The fourth-order valence-electron chi connectivity index (χ4n) is 4.67. The van der Waals surface area contributed by atoms with Crippen LogP contribution in [-0.4, -0.2) is 29.1 Å². The van der Waals surface area contributed by atoms with Crippen LogP contribution in [0.25, 0.3) is 0 Å². The Morgan fingerprint density at radius 3 is 2.28 bits per heavy atom. The Morgan fingerprint density at radius 1 is 0.931 bits per heavy atom. The minimum Gasteiger partial charge on any atom is -0.484 e. The first kappa shape index (κ1) is 20.3. The van der Waals surface area contributed by atoms with Crippen molar-refractivity contribution in [2.24, 2.45) is 0 Å². The highest BCUT2D eigenvalue weighted by Gasteiger charge is 2.40. The SMILES string of the molecule is O=C(COc1ccccc1)N(CC1CCC2(CCCCCC2)S1)c1ccccc1. The number of benzene rings is 2. The Kier molecular flexibility index (Phi) is 6.81. The second-order valence-corrected chi connectivity index (χ2v) is 10.1. The zero-order chi connectivity index (χ0) is 19.9. The Hall–Kier alpha value is -1.94. The summed E-state index contributed by atoms with van der Waals surface area (Å²) in [5.41, 5.74) is 0.969. The average molecular weight is 410 g/mol. The van der Waals surface area contributed by atoms with Gasteiger partial charge in [0.05, 0.1) is 0 Å². The fourth-order valence-corrected chi connectivity index (χ4v) is 6.59. The molecular formula is C25H31NO2S. The molecule has 0 aromatic heterocycles. The number of ether oxygens (including phenoxy) is 1. The van der Waals surface area contributed by atoms with Crippen LogP contribution in [0.3, 0.4) is 0 Å². The van der Waals surface area contributed by atoms with Crippen LogP contribution in [0.2, 0.25) is 0 Å². The molecule has 2 aliphatic rings. The number of nitrogens with zero attached hydrogens (tertiary/aromatic N) is 1. The molecule has 2 aromatic rings. The molecule has 1 aliphatic carbocycles. The normalized spacial score (nSPS) is 20.9. The van der Waals surface area contributed by atoms with Gasteiger partial charge in [-0.15, -0.1) is 11.8 Å². The minimum atomic E-state index is 0.0301. The third-order valence-corrected chi connectivity index (χ3v) is 8.04. The third kappa shape index (κ3) is 5.36. The molecule has 1 saturated heterocycles. The van der Waals surface area contributed by atoms with Gasteiger partial charge in [-0.05, 0) is 49.9 Å². The standard InChI is InChI=1S/C25H31NO2S/c27-24(20-28-22-13-7-4-8-14-22)26(21-11-5-3-6-12-21)19-23-15-18-25(29-23)16-9-1-2-10-17-25/h3-8,11-14,23H,1-2,9-10,15-20H2. The number of anilines is 1. The second kappa shape index (κ2) is 9.71. The van der Waals surface area contributed by atoms with Gasteiger partial charge in [0.2, 0.25) is 0 Å². The van der Waals surface area contributed by atoms with Crippen LogP contribution in [0.1, 0.15) is 51.4 Å². The molecule has 0 N–H and O–H groups in total. The third-order valence-electron chi connectivity index (χ3n) is 6.21. The lowest BCUT2D eigenvalue weighted by atomic mass is 9.93. The van der Waals surface area contributed by atoms with Gasteiger partial charge >= 0.3 is 0 Å². The molecule has 1 atom stereocenters. The highest BCUT2D eigenvalue weighted by atomic mass is 32.2. The van der Waals surface area contributed by atoms with E-state index in [1.54, 1.807) is 0 Å². The topological polar surface area (TPSA) is 29.5 Å². The summed E-state index contributed by atoms with van der Waals surface area (Å²) >= 11 is 2.17. The van der Waals surface area contributed by atoms with Gasteiger partial charge in [0.25, 0.3) is 5.91 Å². The van der Waals surface area contributed by atoms with E-state index in [4.69, 9.17) is 4.74 Å². The van der Waals surface area contributed by atoms with Gasteiger partial charge in [0.1, 0.15) is 5.75 Å². The number of para-hydroxylation sites is 2. The fraction of sp³-hybridized carbons (Fsp3) is 0.480. The average Bonchev–Trinajstić information content (AvgIpc) is 3.01. The van der Waals surface area contributed by atoms with Crippen LogP contribution >= 0.6 is 11.8 Å². The number of carbonyl (C=O) groups excluding carboxylic acids is 1. The molecular weight excluding hydrogens is 378 g/mol. The summed E-state index contributed by atoms with van der Waals surface area (Å²) in [5.74, 6) is 0.768. The van der Waals surface area contributed by atoms with Crippen molar-refractivity contribution in [2.45, 2.75) is 61.4 Å². The second-order valence-electron chi connectivity index (χ2n) is 8.32. The van der Waals surface area contributed by atoms with Crippen molar-refractivity contribution in [3.63, 3.8) is 0 Å². The van der Waals surface area contributed by atoms with E-state index in [0.717, 1.165) is 18.0 Å². The minimum absolute atomic E-state index is 0.0301. The summed E-state index contributed by atoms with van der Waals surface area (Å²) in [6.07, 6.45) is 10.7. The maximum absolute atomic E-state index is 13.1. The summed E-state index contributed by atoms with van der Waals surface area (Å²) in [6.45, 7) is 0.842. The first-order valence-electron chi connectivity index (χ1n) is 11.0. The van der Waals surface area contributed by atoms with Crippen molar-refractivity contribution in [1.29, 1.82) is 0 Å². The Balaban J connectivity index is 1.43. The molecule has 0 bridgehead atoms. The van der Waals surface area contributed by atoms with Crippen LogP contribution in [-0.2, 0) is 4.79 Å². The quantitative estimate of drug-likeness (QED) is 0.578. The summed E-state index contributed by atoms with van der Waals surface area (Å²) < 4.78 is 6.23. The molecule has 2 fully saturated rings. The molecule has 1 aliphatic heterocycles. The Morgan fingerprint density at radius 2 is 1.59 bits per heavy atom. The molecule has 154 valence electrons. The van der Waals surface area contributed by atoms with Gasteiger partial charge in [-0.2, -0.15) is 0 Å². The predicted octanol–water partition coefficient (Wildman–Crippen LogP) is 6.09. The summed E-state index contributed by atoms with van der Waals surface area (Å²) in [7, 11) is 0. The molecule has 1 spiro atoms. The largest absolute Gasteiger partial charge is 0.484 e. The monoisotopic (exact) mass is 409 g/mol. The molecule has 2 aromatic carbocycles. The van der Waals surface area contributed by atoms with E-state index in [2.05, 4.69) is 11.8 Å². The van der Waals surface area contributed by atoms with E-state index >= 15 is 0 Å². The van der Waals surface area contributed by atoms with Crippen LogP contribution in [0.5, 0.6) is 5.75 Å². The van der Waals surface area contributed by atoms with E-state index in [9.17, 15) is 4.79 Å². The number of hydrogen-bond donors (Lipinski definition) is 0. The van der Waals surface area contributed by atoms with Crippen molar-refractivity contribution in [2.75, 3.05) is 18.1 Å². The number of amides is 1. The molecule has 1 heterocycles. The molecule has 29 heavy (non-hydrogen) atoms. The van der Waals surface area contributed by atoms with E-state index in [1.165, 1.54) is 51.4 Å². The van der Waals surface area contributed by atoms with Crippen LogP contribution < -0.4 is 9.64 Å². The van der Waals surface area contributed by atoms with E-state index in [0.29, 0.717) is 10.00 Å². The lowest BCUT2D eigenvalue weighted by Crippen LogP contribution is -2.39. The Bertz CT molecular complexity index is 772. The van der Waals surface area contributed by atoms with Crippen molar-refractivity contribution < 1.29 is 9.53 Å². The highest BCUT2D eigenvalue weighted by Crippen LogP contribution is 2.51. The highest BCUT2D eigenvalue weighted by molar-refractivity contribution is 8.01. The van der Waals surface area contributed by atoms with Gasteiger partial charge in [0.15, 0.2) is 6.61 Å². The first-order valence-corrected chi connectivity index (χ1v) is 11.8. The summed E-state index contributed by atoms with van der Waals surface area (Å²) in [5, 5.41) is 0.508. The van der Waals surface area contributed by atoms with Crippen LogP contribution in [0, 0.1) is 0 Å². The molecule has 1 unspecified atom stereocenters. The zero-order valence-corrected chi connectivity index (χ0v) is 17.9. The van der Waals surface area contributed by atoms with E-state index in [1.807, 2.05) is 65.6 Å². The lowest BCUT2D eigenvalue weighted by molar-refractivity contribution is -0.120. The van der Waals surface area contributed by atoms with Crippen LogP contribution in [0.4, 0.5) is 5.69 Å². The first-order chi connectivity index (χ1) is 14.2. The molecule has 0 radical (unpaired) electrons. The van der Waals surface area contributed by atoms with E-state index in [-0.39, 0.29) is 12.5 Å². The maximum Gasteiger partial charge on any atom is 0.264 e. The number of rotatable bonds is 6. The zero-order valence-electron chi connectivity index (χ0n) is 17.1. The van der Waals surface area contributed by atoms with Gasteiger partial charge in [-0.25, -0.2) is 0 Å². The van der Waals surface area contributed by atoms with Crippen LogP contribution in [0.15, 0.2) is 60.7 Å². The number of hydrogen-bond acceptors (Lipinski definition) is 3. The van der Waals surface area contributed by atoms with Crippen molar-refractivity contribution in [1.82, 2.24) is 0 Å². The van der Waals surface area contributed by atoms with E-state index < -0.39 is 0 Å². The lowest BCUT2D eigenvalue weighted by Gasteiger charge is -2.29. The van der Waals surface area contributed by atoms with Crippen molar-refractivity contribution >= 4 is 23.4 Å². The summed E-state index contributed by atoms with van der Waals surface area (Å²) in [4.78, 5) is 15.1. The van der Waals surface area contributed by atoms with Crippen molar-refractivity contribution in [3.05, 3.63) is 60.7 Å². The molecule has 3 nitrogen and oxygen atoms in total. The predicted molar refractivity (Wildman–Crippen MR) is 122 cm³/mol. The molecule has 1 saturated carbocycles.